The molecule has 1 aliphatic heterocycles. The Balaban J connectivity index is 2.42. The van der Waals surface area contributed by atoms with Gasteiger partial charge in [0.1, 0.15) is 0 Å². The van der Waals surface area contributed by atoms with Crippen LogP contribution in [0.2, 0.25) is 0 Å². The number of rotatable bonds is 5. The van der Waals surface area contributed by atoms with Crippen LogP contribution in [0, 0.1) is 0 Å². The fourth-order valence-electron chi connectivity index (χ4n) is 2.45. The van der Waals surface area contributed by atoms with Crippen molar-refractivity contribution in [1.82, 2.24) is 10.2 Å². The van der Waals surface area contributed by atoms with Gasteiger partial charge in [-0.15, -0.1) is 0 Å². The lowest BCUT2D eigenvalue weighted by molar-refractivity contribution is 0.102. The molecule has 1 unspecified atom stereocenters. The molecule has 1 fully saturated rings. The number of likely N-dealkylation sites (tertiary alicyclic amines) is 1. The molecule has 2 N–H and O–H groups in total. The summed E-state index contributed by atoms with van der Waals surface area (Å²) in [6, 6.07) is 0.423. The van der Waals surface area contributed by atoms with E-state index in [-0.39, 0.29) is 12.1 Å². The normalized spacial score (nSPS) is 23.0. The quantitative estimate of drug-likeness (QED) is 0.722. The van der Waals surface area contributed by atoms with E-state index in [1.54, 1.807) is 0 Å². The Bertz CT molecular complexity index is 178. The molecule has 1 heterocycles. The minimum absolute atomic E-state index is 0.147. The maximum Gasteiger partial charge on any atom is 0.0623 e. The van der Waals surface area contributed by atoms with E-state index in [4.69, 9.17) is 0 Å². The van der Waals surface area contributed by atoms with Gasteiger partial charge >= 0.3 is 0 Å². The van der Waals surface area contributed by atoms with Gasteiger partial charge in [0.2, 0.25) is 0 Å². The number of nitrogens with zero attached hydrogens (tertiary/aromatic N) is 1. The van der Waals surface area contributed by atoms with E-state index in [2.05, 4.69) is 31.0 Å². The van der Waals surface area contributed by atoms with Crippen LogP contribution >= 0.6 is 0 Å². The first kappa shape index (κ1) is 12.9. The Kier molecular flexibility index (Phi) is 5.03. The zero-order valence-electron chi connectivity index (χ0n) is 10.4. The minimum Gasteiger partial charge on any atom is -0.394 e. The molecule has 0 aromatic rings. The van der Waals surface area contributed by atoms with Crippen LogP contribution in [-0.2, 0) is 0 Å². The summed E-state index contributed by atoms with van der Waals surface area (Å²) in [4.78, 5) is 2.47. The summed E-state index contributed by atoms with van der Waals surface area (Å²) in [5.74, 6) is 0. The van der Waals surface area contributed by atoms with E-state index in [0.717, 1.165) is 6.54 Å². The van der Waals surface area contributed by atoms with Crippen LogP contribution < -0.4 is 5.32 Å². The summed E-state index contributed by atoms with van der Waals surface area (Å²) in [6.07, 6.45) is 3.98. The number of hydrogen-bond acceptors (Lipinski definition) is 3. The number of hydrogen-bond donors (Lipinski definition) is 2. The van der Waals surface area contributed by atoms with Crippen LogP contribution in [0.25, 0.3) is 0 Å². The van der Waals surface area contributed by atoms with Gasteiger partial charge in [-0.1, -0.05) is 20.3 Å². The third kappa shape index (κ3) is 4.49. The van der Waals surface area contributed by atoms with Crippen molar-refractivity contribution in [3.63, 3.8) is 0 Å². The first-order valence-electron chi connectivity index (χ1n) is 6.17. The van der Waals surface area contributed by atoms with Crippen molar-refractivity contribution in [2.24, 2.45) is 0 Å². The molecule has 1 aliphatic rings. The van der Waals surface area contributed by atoms with Gasteiger partial charge in [0.15, 0.2) is 0 Å². The second-order valence-electron chi connectivity index (χ2n) is 5.35. The van der Waals surface area contributed by atoms with Crippen molar-refractivity contribution in [2.45, 2.75) is 51.6 Å². The third-order valence-electron chi connectivity index (χ3n) is 3.01. The fourth-order valence-corrected chi connectivity index (χ4v) is 2.45. The first-order chi connectivity index (χ1) is 7.06. The fraction of sp³-hybridized carbons (Fsp3) is 1.00. The minimum atomic E-state index is -0.147. The lowest BCUT2D eigenvalue weighted by atomic mass is 10.00. The lowest BCUT2D eigenvalue weighted by Gasteiger charge is -2.38. The highest BCUT2D eigenvalue weighted by Gasteiger charge is 2.27. The molecule has 3 nitrogen and oxygen atoms in total. The van der Waals surface area contributed by atoms with Crippen LogP contribution in [0.15, 0.2) is 0 Å². The standard InChI is InChI=1S/C12H26N2O/c1-11(2)13-12(3,10-15)9-14-7-5-4-6-8-14/h11,13,15H,4-10H2,1-3H3. The van der Waals surface area contributed by atoms with E-state index in [0.29, 0.717) is 6.04 Å². The smallest absolute Gasteiger partial charge is 0.0623 e. The average Bonchev–Trinajstić information content (AvgIpc) is 2.18. The van der Waals surface area contributed by atoms with Crippen molar-refractivity contribution >= 4 is 0 Å². The van der Waals surface area contributed by atoms with E-state index in [1.807, 2.05) is 0 Å². The number of piperidine rings is 1. The third-order valence-corrected chi connectivity index (χ3v) is 3.01. The highest BCUT2D eigenvalue weighted by molar-refractivity contribution is 4.88. The largest absolute Gasteiger partial charge is 0.394 e. The Morgan fingerprint density at radius 2 is 1.87 bits per heavy atom. The molecular weight excluding hydrogens is 188 g/mol. The van der Waals surface area contributed by atoms with Crippen LogP contribution in [0.1, 0.15) is 40.0 Å². The average molecular weight is 214 g/mol. The van der Waals surface area contributed by atoms with Crippen LogP contribution in [0.4, 0.5) is 0 Å². The summed E-state index contributed by atoms with van der Waals surface area (Å²) < 4.78 is 0. The Hall–Kier alpha value is -0.120. The van der Waals surface area contributed by atoms with Gasteiger partial charge in [-0.3, -0.25) is 0 Å². The molecule has 0 spiro atoms. The van der Waals surface area contributed by atoms with E-state index < -0.39 is 0 Å². The zero-order valence-corrected chi connectivity index (χ0v) is 10.4. The molecule has 0 aromatic heterocycles. The number of aliphatic hydroxyl groups excluding tert-OH is 1. The zero-order chi connectivity index (χ0) is 11.3. The molecule has 1 saturated heterocycles. The monoisotopic (exact) mass is 214 g/mol. The van der Waals surface area contributed by atoms with Gasteiger partial charge in [-0.2, -0.15) is 0 Å². The van der Waals surface area contributed by atoms with Gasteiger partial charge in [0.05, 0.1) is 12.1 Å². The van der Waals surface area contributed by atoms with Crippen molar-refractivity contribution in [3.8, 4) is 0 Å². The summed E-state index contributed by atoms with van der Waals surface area (Å²) in [6.45, 7) is 9.92. The second-order valence-corrected chi connectivity index (χ2v) is 5.35. The molecule has 15 heavy (non-hydrogen) atoms. The van der Waals surface area contributed by atoms with Gasteiger partial charge in [0.25, 0.3) is 0 Å². The molecule has 1 rings (SSSR count). The van der Waals surface area contributed by atoms with Gasteiger partial charge < -0.3 is 15.3 Å². The highest BCUT2D eigenvalue weighted by atomic mass is 16.3. The second kappa shape index (κ2) is 5.83. The molecule has 1 atom stereocenters. The Morgan fingerprint density at radius 1 is 1.27 bits per heavy atom. The van der Waals surface area contributed by atoms with E-state index >= 15 is 0 Å². The molecule has 0 amide bonds. The molecule has 0 aromatic carbocycles. The number of nitrogens with one attached hydrogen (secondary N) is 1. The van der Waals surface area contributed by atoms with Gasteiger partial charge in [0, 0.05) is 12.6 Å². The van der Waals surface area contributed by atoms with Crippen LogP contribution in [0.5, 0.6) is 0 Å². The topological polar surface area (TPSA) is 35.5 Å². The Labute approximate surface area is 93.9 Å². The lowest BCUT2D eigenvalue weighted by Crippen LogP contribution is -2.56. The number of aliphatic hydroxyl groups is 1. The maximum atomic E-state index is 9.48. The summed E-state index contributed by atoms with van der Waals surface area (Å²) >= 11 is 0. The van der Waals surface area contributed by atoms with Crippen LogP contribution in [-0.4, -0.2) is 47.8 Å². The maximum absolute atomic E-state index is 9.48. The van der Waals surface area contributed by atoms with E-state index in [9.17, 15) is 5.11 Å². The SMILES string of the molecule is CC(C)NC(C)(CO)CN1CCCCC1. The highest BCUT2D eigenvalue weighted by Crippen LogP contribution is 2.13. The molecule has 0 radical (unpaired) electrons. The summed E-state index contributed by atoms with van der Waals surface area (Å²) in [7, 11) is 0. The molecule has 90 valence electrons. The summed E-state index contributed by atoms with van der Waals surface area (Å²) in [5.41, 5.74) is -0.147. The molecule has 0 bridgehead atoms. The van der Waals surface area contributed by atoms with Crippen molar-refractivity contribution in [1.29, 1.82) is 0 Å². The molecular formula is C12H26N2O. The van der Waals surface area contributed by atoms with E-state index in [1.165, 1.54) is 32.4 Å². The van der Waals surface area contributed by atoms with Crippen LogP contribution in [0.3, 0.4) is 0 Å². The molecule has 3 heteroatoms. The summed E-state index contributed by atoms with van der Waals surface area (Å²) in [5, 5.41) is 12.9. The molecule has 0 saturated carbocycles. The van der Waals surface area contributed by atoms with Crippen molar-refractivity contribution < 1.29 is 5.11 Å². The predicted molar refractivity (Wildman–Crippen MR) is 64.1 cm³/mol. The van der Waals surface area contributed by atoms with Crippen molar-refractivity contribution in [2.75, 3.05) is 26.2 Å². The van der Waals surface area contributed by atoms with Gasteiger partial charge in [-0.05, 0) is 32.9 Å². The Morgan fingerprint density at radius 3 is 2.33 bits per heavy atom. The van der Waals surface area contributed by atoms with Gasteiger partial charge in [-0.25, -0.2) is 0 Å². The first-order valence-corrected chi connectivity index (χ1v) is 6.17. The van der Waals surface area contributed by atoms with Crippen molar-refractivity contribution in [3.05, 3.63) is 0 Å². The predicted octanol–water partition coefficient (Wildman–Crippen LogP) is 1.22. The molecule has 0 aliphatic carbocycles.